The number of nitro benzene ring substituents is 1. The van der Waals surface area contributed by atoms with Gasteiger partial charge in [-0.25, -0.2) is 0 Å². The Morgan fingerprint density at radius 1 is 1.62 bits per heavy atom. The summed E-state index contributed by atoms with van der Waals surface area (Å²) >= 11 is 5.62. The lowest BCUT2D eigenvalue weighted by atomic mass is 10.3. The summed E-state index contributed by atoms with van der Waals surface area (Å²) in [6.07, 6.45) is 0. The van der Waals surface area contributed by atoms with Gasteiger partial charge in [-0.2, -0.15) is 0 Å². The minimum atomic E-state index is -0.497. The normalized spacial score (nSPS) is 9.69. The molecule has 1 aromatic rings. The third-order valence-corrected chi connectivity index (χ3v) is 1.84. The smallest absolute Gasteiger partial charge is 0.289 e. The van der Waals surface area contributed by atoms with Crippen LogP contribution in [0.15, 0.2) is 18.2 Å². The van der Waals surface area contributed by atoms with Crippen LogP contribution in [-0.2, 0) is 0 Å². The molecule has 0 aliphatic carbocycles. The van der Waals surface area contributed by atoms with Gasteiger partial charge in [0.2, 0.25) is 0 Å². The van der Waals surface area contributed by atoms with Gasteiger partial charge in [-0.1, -0.05) is 11.6 Å². The second-order valence-electron chi connectivity index (χ2n) is 2.45. The van der Waals surface area contributed by atoms with Gasteiger partial charge in [0.15, 0.2) is 0 Å². The van der Waals surface area contributed by atoms with Crippen LogP contribution in [0.2, 0.25) is 5.02 Å². The van der Waals surface area contributed by atoms with Gasteiger partial charge in [0.25, 0.3) is 5.69 Å². The highest BCUT2D eigenvalue weighted by Gasteiger charge is 2.11. The van der Waals surface area contributed by atoms with E-state index < -0.39 is 4.92 Å². The Kier molecular flexibility index (Phi) is 3.08. The Hall–Kier alpha value is -1.29. The first kappa shape index (κ1) is 9.80. The van der Waals surface area contributed by atoms with E-state index in [-0.39, 0.29) is 10.7 Å². The lowest BCUT2D eigenvalue weighted by Gasteiger charge is -2.02. The van der Waals surface area contributed by atoms with Crippen LogP contribution < -0.4 is 5.32 Å². The molecule has 0 aromatic heterocycles. The van der Waals surface area contributed by atoms with E-state index in [1.165, 1.54) is 12.1 Å². The molecule has 0 spiro atoms. The maximum Gasteiger partial charge on any atom is 0.289 e. The van der Waals surface area contributed by atoms with Gasteiger partial charge in [-0.3, -0.25) is 10.1 Å². The highest BCUT2D eigenvalue weighted by Crippen LogP contribution is 2.27. The Balaban J connectivity index is 3.04. The fourth-order valence-corrected chi connectivity index (χ4v) is 1.15. The van der Waals surface area contributed by atoms with Crippen LogP contribution >= 0.6 is 11.6 Å². The van der Waals surface area contributed by atoms with Gasteiger partial charge in [-0.15, -0.1) is 0 Å². The first-order valence-corrected chi connectivity index (χ1v) is 4.20. The summed E-state index contributed by atoms with van der Waals surface area (Å²) in [4.78, 5) is 9.97. The first-order chi connectivity index (χ1) is 6.15. The topological polar surface area (TPSA) is 55.2 Å². The summed E-state index contributed by atoms with van der Waals surface area (Å²) in [7, 11) is 0. The van der Waals surface area contributed by atoms with Crippen molar-refractivity contribution in [2.45, 2.75) is 6.92 Å². The van der Waals surface area contributed by atoms with Crippen molar-refractivity contribution in [2.75, 3.05) is 11.9 Å². The van der Waals surface area contributed by atoms with Crippen molar-refractivity contribution < 1.29 is 4.92 Å². The van der Waals surface area contributed by atoms with Crippen molar-refractivity contribution in [3.63, 3.8) is 0 Å². The average Bonchev–Trinajstić information content (AvgIpc) is 2.08. The highest BCUT2D eigenvalue weighted by molar-refractivity contribution is 6.32. The van der Waals surface area contributed by atoms with Crippen molar-refractivity contribution in [3.8, 4) is 0 Å². The van der Waals surface area contributed by atoms with Gasteiger partial charge in [0, 0.05) is 18.3 Å². The fourth-order valence-electron chi connectivity index (χ4n) is 0.967. The van der Waals surface area contributed by atoms with Gasteiger partial charge in [0.1, 0.15) is 5.02 Å². The molecule has 0 radical (unpaired) electrons. The molecule has 4 nitrogen and oxygen atoms in total. The Morgan fingerprint density at radius 3 is 2.85 bits per heavy atom. The minimum absolute atomic E-state index is 0.0693. The van der Waals surface area contributed by atoms with Gasteiger partial charge >= 0.3 is 0 Å². The molecule has 0 aliphatic rings. The van der Waals surface area contributed by atoms with Crippen LogP contribution in [0.5, 0.6) is 0 Å². The molecule has 0 saturated heterocycles. The third kappa shape index (κ3) is 2.32. The highest BCUT2D eigenvalue weighted by atomic mass is 35.5. The quantitative estimate of drug-likeness (QED) is 0.603. The van der Waals surface area contributed by atoms with E-state index in [2.05, 4.69) is 5.32 Å². The van der Waals surface area contributed by atoms with E-state index in [0.717, 1.165) is 6.54 Å². The van der Waals surface area contributed by atoms with Crippen LogP contribution in [0.4, 0.5) is 11.4 Å². The SMILES string of the molecule is CCNc1ccc(Cl)c([N+](=O)[O-])c1. The second kappa shape index (κ2) is 4.09. The number of nitrogens with zero attached hydrogens (tertiary/aromatic N) is 1. The van der Waals surface area contributed by atoms with Crippen molar-refractivity contribution >= 4 is 23.0 Å². The lowest BCUT2D eigenvalue weighted by Crippen LogP contribution is -1.97. The molecule has 0 bridgehead atoms. The summed E-state index contributed by atoms with van der Waals surface area (Å²) in [5, 5.41) is 13.6. The van der Waals surface area contributed by atoms with E-state index in [4.69, 9.17) is 11.6 Å². The number of nitro groups is 1. The predicted octanol–water partition coefficient (Wildman–Crippen LogP) is 2.68. The van der Waals surface area contributed by atoms with E-state index >= 15 is 0 Å². The Morgan fingerprint density at radius 2 is 2.31 bits per heavy atom. The summed E-state index contributed by atoms with van der Waals surface area (Å²) in [6, 6.07) is 4.64. The number of rotatable bonds is 3. The molecule has 70 valence electrons. The van der Waals surface area contributed by atoms with E-state index in [9.17, 15) is 10.1 Å². The molecule has 0 saturated carbocycles. The molecular weight excluding hydrogens is 192 g/mol. The zero-order valence-electron chi connectivity index (χ0n) is 7.08. The Labute approximate surface area is 80.7 Å². The van der Waals surface area contributed by atoms with Crippen molar-refractivity contribution in [3.05, 3.63) is 33.3 Å². The number of hydrogen-bond acceptors (Lipinski definition) is 3. The molecule has 13 heavy (non-hydrogen) atoms. The second-order valence-corrected chi connectivity index (χ2v) is 2.86. The summed E-state index contributed by atoms with van der Waals surface area (Å²) < 4.78 is 0. The standard InChI is InChI=1S/C8H9ClN2O2/c1-2-10-6-3-4-7(9)8(5-6)11(12)13/h3-5,10H,2H2,1H3. The Bertz CT molecular complexity index is 328. The summed E-state index contributed by atoms with van der Waals surface area (Å²) in [6.45, 7) is 2.64. The lowest BCUT2D eigenvalue weighted by molar-refractivity contribution is -0.384. The molecule has 0 amide bonds. The predicted molar refractivity (Wildman–Crippen MR) is 52.3 cm³/mol. The summed E-state index contributed by atoms with van der Waals surface area (Å²) in [5.74, 6) is 0. The van der Waals surface area contributed by atoms with Crippen LogP contribution in [0, 0.1) is 10.1 Å². The van der Waals surface area contributed by atoms with Gasteiger partial charge in [-0.05, 0) is 19.1 Å². The zero-order chi connectivity index (χ0) is 9.84. The number of halogens is 1. The molecular formula is C8H9ClN2O2. The van der Waals surface area contributed by atoms with Crippen LogP contribution in [0.3, 0.4) is 0 Å². The number of nitrogens with one attached hydrogen (secondary N) is 1. The fraction of sp³-hybridized carbons (Fsp3) is 0.250. The van der Waals surface area contributed by atoms with Crippen molar-refractivity contribution in [1.82, 2.24) is 0 Å². The monoisotopic (exact) mass is 200 g/mol. The van der Waals surface area contributed by atoms with Crippen LogP contribution in [-0.4, -0.2) is 11.5 Å². The third-order valence-electron chi connectivity index (χ3n) is 1.52. The van der Waals surface area contributed by atoms with E-state index in [1.807, 2.05) is 6.92 Å². The van der Waals surface area contributed by atoms with Crippen LogP contribution in [0.1, 0.15) is 6.92 Å². The minimum Gasteiger partial charge on any atom is -0.385 e. The van der Waals surface area contributed by atoms with Crippen molar-refractivity contribution in [1.29, 1.82) is 0 Å². The van der Waals surface area contributed by atoms with Gasteiger partial charge < -0.3 is 5.32 Å². The average molecular weight is 201 g/mol. The molecule has 0 heterocycles. The number of anilines is 1. The van der Waals surface area contributed by atoms with E-state index in [1.54, 1.807) is 6.07 Å². The molecule has 1 rings (SSSR count). The zero-order valence-corrected chi connectivity index (χ0v) is 7.84. The molecule has 0 unspecified atom stereocenters. The van der Waals surface area contributed by atoms with E-state index in [0.29, 0.717) is 5.69 Å². The largest absolute Gasteiger partial charge is 0.385 e. The molecule has 0 fully saturated rings. The molecule has 1 aromatic carbocycles. The van der Waals surface area contributed by atoms with Gasteiger partial charge in [0.05, 0.1) is 4.92 Å². The maximum atomic E-state index is 10.5. The first-order valence-electron chi connectivity index (χ1n) is 3.83. The number of hydrogen-bond donors (Lipinski definition) is 1. The van der Waals surface area contributed by atoms with Crippen molar-refractivity contribution in [2.24, 2.45) is 0 Å². The molecule has 1 N–H and O–H groups in total. The molecule has 5 heteroatoms. The van der Waals surface area contributed by atoms with Crippen LogP contribution in [0.25, 0.3) is 0 Å². The maximum absolute atomic E-state index is 10.5. The number of benzene rings is 1. The summed E-state index contributed by atoms with van der Waals surface area (Å²) in [5.41, 5.74) is 0.638. The molecule has 0 atom stereocenters. The molecule has 0 aliphatic heterocycles.